The van der Waals surface area contributed by atoms with E-state index in [-0.39, 0.29) is 5.69 Å². The topological polar surface area (TPSA) is 96.7 Å². The molecule has 0 atom stereocenters. The lowest BCUT2D eigenvalue weighted by Gasteiger charge is -2.23. The number of hydrogen-bond acceptors (Lipinski definition) is 5. The lowest BCUT2D eigenvalue weighted by atomic mass is 9.95. The standard InChI is InChI=1S/C20H21N5O2/c26-25(27)16-9-6-14(7-10-16)8-11-17-19-18(24-23-17)12-13-21-20(19)22-15-4-2-1-3-5-15/h6-13,15H,1-5H2,(H,21,22)(H,23,24). The molecule has 1 aliphatic rings. The van der Waals surface area contributed by atoms with Gasteiger partial charge in [-0.25, -0.2) is 4.98 Å². The zero-order chi connectivity index (χ0) is 18.6. The maximum Gasteiger partial charge on any atom is 0.269 e. The van der Waals surface area contributed by atoms with Crippen LogP contribution < -0.4 is 5.32 Å². The predicted molar refractivity (Wildman–Crippen MR) is 106 cm³/mol. The summed E-state index contributed by atoms with van der Waals surface area (Å²) in [6.07, 6.45) is 11.8. The number of nitrogens with one attached hydrogen (secondary N) is 2. The monoisotopic (exact) mass is 363 g/mol. The van der Waals surface area contributed by atoms with Gasteiger partial charge in [0, 0.05) is 24.4 Å². The first-order valence-corrected chi connectivity index (χ1v) is 9.23. The number of aromatic amines is 1. The Bertz CT molecular complexity index is 972. The molecule has 0 bridgehead atoms. The van der Waals surface area contributed by atoms with Crippen molar-refractivity contribution >= 4 is 34.6 Å². The van der Waals surface area contributed by atoms with Crippen LogP contribution in [0.4, 0.5) is 11.5 Å². The molecule has 4 rings (SSSR count). The van der Waals surface area contributed by atoms with Crippen LogP contribution in [-0.4, -0.2) is 26.1 Å². The fraction of sp³-hybridized carbons (Fsp3) is 0.300. The smallest absolute Gasteiger partial charge is 0.269 e. The van der Waals surface area contributed by atoms with E-state index >= 15 is 0 Å². The van der Waals surface area contributed by atoms with Gasteiger partial charge in [-0.3, -0.25) is 15.2 Å². The number of non-ortho nitro benzene ring substituents is 1. The third-order valence-electron chi connectivity index (χ3n) is 4.99. The Morgan fingerprint density at radius 2 is 1.89 bits per heavy atom. The molecule has 2 heterocycles. The minimum absolute atomic E-state index is 0.0855. The molecular weight excluding hydrogens is 342 g/mol. The average molecular weight is 363 g/mol. The fourth-order valence-electron chi connectivity index (χ4n) is 3.54. The Morgan fingerprint density at radius 1 is 1.11 bits per heavy atom. The van der Waals surface area contributed by atoms with Gasteiger partial charge >= 0.3 is 0 Å². The number of nitro benzene ring substituents is 1. The Balaban J connectivity index is 1.60. The van der Waals surface area contributed by atoms with Crippen LogP contribution >= 0.6 is 0 Å². The number of H-pyrrole nitrogens is 1. The van der Waals surface area contributed by atoms with Crippen LogP contribution in [0, 0.1) is 10.1 Å². The number of benzene rings is 1. The Morgan fingerprint density at radius 3 is 2.63 bits per heavy atom. The number of anilines is 1. The van der Waals surface area contributed by atoms with Gasteiger partial charge in [0.1, 0.15) is 5.82 Å². The van der Waals surface area contributed by atoms with E-state index in [0.29, 0.717) is 6.04 Å². The van der Waals surface area contributed by atoms with Gasteiger partial charge in [-0.2, -0.15) is 5.10 Å². The number of aromatic nitrogens is 3. The minimum Gasteiger partial charge on any atom is -0.367 e. The summed E-state index contributed by atoms with van der Waals surface area (Å²) in [6.45, 7) is 0. The molecule has 7 heteroatoms. The number of fused-ring (bicyclic) bond motifs is 1. The molecule has 2 N–H and O–H groups in total. The van der Waals surface area contributed by atoms with Gasteiger partial charge in [0.15, 0.2) is 0 Å². The van der Waals surface area contributed by atoms with Crippen LogP contribution in [0.5, 0.6) is 0 Å². The summed E-state index contributed by atoms with van der Waals surface area (Å²) >= 11 is 0. The highest BCUT2D eigenvalue weighted by atomic mass is 16.6. The van der Waals surface area contributed by atoms with Crippen LogP contribution in [0.25, 0.3) is 23.1 Å². The van der Waals surface area contributed by atoms with Gasteiger partial charge in [0.25, 0.3) is 5.69 Å². The van der Waals surface area contributed by atoms with Crippen molar-refractivity contribution in [2.75, 3.05) is 5.32 Å². The molecule has 2 aromatic heterocycles. The SMILES string of the molecule is O=[N+]([O-])c1ccc(C=Cc2[nH]nc3ccnc(NC4CCCCC4)c23)cc1. The molecule has 138 valence electrons. The molecule has 0 aliphatic heterocycles. The Labute approximate surface area is 156 Å². The first-order valence-electron chi connectivity index (χ1n) is 9.23. The lowest BCUT2D eigenvalue weighted by Crippen LogP contribution is -2.22. The second-order valence-electron chi connectivity index (χ2n) is 6.85. The number of rotatable bonds is 5. The van der Waals surface area contributed by atoms with E-state index in [9.17, 15) is 10.1 Å². The molecule has 0 amide bonds. The molecule has 0 saturated heterocycles. The Kier molecular flexibility index (Phi) is 4.82. The van der Waals surface area contributed by atoms with E-state index in [1.165, 1.54) is 44.2 Å². The summed E-state index contributed by atoms with van der Waals surface area (Å²) in [5, 5.41) is 22.8. The minimum atomic E-state index is -0.398. The second-order valence-corrected chi connectivity index (χ2v) is 6.85. The number of pyridine rings is 1. The van der Waals surface area contributed by atoms with Crippen molar-refractivity contribution in [2.24, 2.45) is 0 Å². The van der Waals surface area contributed by atoms with Crippen molar-refractivity contribution in [3.63, 3.8) is 0 Å². The van der Waals surface area contributed by atoms with Crippen molar-refractivity contribution in [3.8, 4) is 0 Å². The summed E-state index contributed by atoms with van der Waals surface area (Å²) in [6, 6.07) is 8.81. The predicted octanol–water partition coefficient (Wildman–Crippen LogP) is 4.78. The Hall–Kier alpha value is -3.22. The number of nitro groups is 1. The first-order chi connectivity index (χ1) is 13.2. The van der Waals surface area contributed by atoms with Crippen molar-refractivity contribution in [1.29, 1.82) is 0 Å². The first kappa shape index (κ1) is 17.2. The molecule has 1 fully saturated rings. The molecule has 3 aromatic rings. The fourth-order valence-corrected chi connectivity index (χ4v) is 3.54. The largest absolute Gasteiger partial charge is 0.367 e. The highest BCUT2D eigenvalue weighted by molar-refractivity contribution is 5.97. The third-order valence-corrected chi connectivity index (χ3v) is 4.99. The van der Waals surface area contributed by atoms with E-state index < -0.39 is 4.92 Å². The van der Waals surface area contributed by atoms with E-state index in [1.54, 1.807) is 18.3 Å². The third kappa shape index (κ3) is 3.81. The molecule has 7 nitrogen and oxygen atoms in total. The molecule has 1 aliphatic carbocycles. The summed E-state index contributed by atoms with van der Waals surface area (Å²) in [5.41, 5.74) is 2.71. The molecule has 1 saturated carbocycles. The highest BCUT2D eigenvalue weighted by Gasteiger charge is 2.16. The summed E-state index contributed by atoms with van der Waals surface area (Å²) in [4.78, 5) is 14.9. The average Bonchev–Trinajstić information content (AvgIpc) is 3.12. The second kappa shape index (κ2) is 7.57. The van der Waals surface area contributed by atoms with Gasteiger partial charge in [0.05, 0.1) is 21.5 Å². The normalized spacial score (nSPS) is 15.4. The number of nitrogens with zero attached hydrogens (tertiary/aromatic N) is 3. The van der Waals surface area contributed by atoms with E-state index in [4.69, 9.17) is 0 Å². The van der Waals surface area contributed by atoms with E-state index in [0.717, 1.165) is 28.0 Å². The molecule has 27 heavy (non-hydrogen) atoms. The summed E-state index contributed by atoms with van der Waals surface area (Å²) in [7, 11) is 0. The lowest BCUT2D eigenvalue weighted by molar-refractivity contribution is -0.384. The zero-order valence-corrected chi connectivity index (χ0v) is 14.9. The maximum absolute atomic E-state index is 10.8. The van der Waals surface area contributed by atoms with Gasteiger partial charge in [-0.15, -0.1) is 0 Å². The van der Waals surface area contributed by atoms with Crippen LogP contribution in [0.2, 0.25) is 0 Å². The van der Waals surface area contributed by atoms with Crippen LogP contribution in [0.3, 0.4) is 0 Å². The van der Waals surface area contributed by atoms with Crippen molar-refractivity contribution in [2.45, 2.75) is 38.1 Å². The van der Waals surface area contributed by atoms with Crippen LogP contribution in [0.15, 0.2) is 36.5 Å². The number of hydrogen-bond donors (Lipinski definition) is 2. The molecular formula is C20H21N5O2. The van der Waals surface area contributed by atoms with Gasteiger partial charge < -0.3 is 5.32 Å². The van der Waals surface area contributed by atoms with Crippen molar-refractivity contribution in [3.05, 3.63) is 57.9 Å². The van der Waals surface area contributed by atoms with E-state index in [1.807, 2.05) is 18.2 Å². The van der Waals surface area contributed by atoms with Crippen LogP contribution in [0.1, 0.15) is 43.4 Å². The summed E-state index contributed by atoms with van der Waals surface area (Å²) < 4.78 is 0. The highest BCUT2D eigenvalue weighted by Crippen LogP contribution is 2.28. The van der Waals surface area contributed by atoms with Crippen molar-refractivity contribution < 1.29 is 4.92 Å². The van der Waals surface area contributed by atoms with Gasteiger partial charge in [-0.1, -0.05) is 25.3 Å². The van der Waals surface area contributed by atoms with E-state index in [2.05, 4.69) is 20.5 Å². The zero-order valence-electron chi connectivity index (χ0n) is 14.9. The maximum atomic E-state index is 10.8. The molecule has 0 spiro atoms. The van der Waals surface area contributed by atoms with Gasteiger partial charge in [-0.05, 0) is 42.7 Å². The molecule has 0 unspecified atom stereocenters. The summed E-state index contributed by atoms with van der Waals surface area (Å²) in [5.74, 6) is 0.858. The molecule has 1 aromatic carbocycles. The van der Waals surface area contributed by atoms with Crippen molar-refractivity contribution in [1.82, 2.24) is 15.2 Å². The van der Waals surface area contributed by atoms with Crippen LogP contribution in [-0.2, 0) is 0 Å². The quantitative estimate of drug-likeness (QED) is 0.502. The van der Waals surface area contributed by atoms with Gasteiger partial charge in [0.2, 0.25) is 0 Å². The molecule has 0 radical (unpaired) electrons.